The van der Waals surface area contributed by atoms with Gasteiger partial charge in [0.1, 0.15) is 6.61 Å². The Morgan fingerprint density at radius 3 is 2.25 bits per heavy atom. The molecule has 0 aromatic rings. The summed E-state index contributed by atoms with van der Waals surface area (Å²) in [6, 6.07) is 0. The first-order valence-corrected chi connectivity index (χ1v) is 1.82. The van der Waals surface area contributed by atoms with Gasteiger partial charge in [0.05, 0.1) is 0 Å². The van der Waals surface area contributed by atoms with Crippen LogP contribution >= 0.6 is 0 Å². The lowest BCUT2D eigenvalue weighted by atomic mass is 10.3. The molecule has 0 rings (SSSR count). The molecule has 0 fully saturated rings. The molecule has 0 saturated carbocycles. The van der Waals surface area contributed by atoms with Gasteiger partial charge in [-0.3, -0.25) is 0 Å². The van der Waals surface area contributed by atoms with Crippen LogP contribution < -0.4 is 0 Å². The third-order valence-corrected chi connectivity index (χ3v) is 0.356. The summed E-state index contributed by atoms with van der Waals surface area (Å²) in [5.74, 6) is -1.24. The maximum atomic E-state index is 9.56. The van der Waals surface area contributed by atoms with Crippen LogP contribution in [0, 0.1) is 0 Å². The van der Waals surface area contributed by atoms with Crippen LogP contribution in [-0.2, 0) is 9.45 Å². The Bertz CT molecular complexity index is 80.5. The lowest BCUT2D eigenvalue weighted by molar-refractivity contribution is -0.140. The summed E-state index contributed by atoms with van der Waals surface area (Å²) in [6.07, 6.45) is 0. The van der Waals surface area contributed by atoms with Gasteiger partial charge in [-0.1, -0.05) is 0 Å². The van der Waals surface area contributed by atoms with Gasteiger partial charge < -0.3 is 19.8 Å². The molecule has 0 unspecified atom stereocenters. The predicted molar refractivity (Wildman–Crippen MR) is 23.8 cm³/mol. The van der Waals surface area contributed by atoms with Gasteiger partial charge in [0.15, 0.2) is 0 Å². The molecule has 6 heteroatoms. The third kappa shape index (κ3) is 5.41. The molecule has 0 aliphatic carbocycles. The number of hydrogen-bond donors (Lipinski definition) is 3. The number of carboxylic acid groups (broad SMARTS) is 1. The molecular formula is C2H5BO5. The van der Waals surface area contributed by atoms with Crippen molar-refractivity contribution in [2.75, 3.05) is 6.61 Å². The summed E-state index contributed by atoms with van der Waals surface area (Å²) in [4.78, 5) is 9.56. The normalized spacial score (nSPS) is 8.75. The highest BCUT2D eigenvalue weighted by Gasteiger charge is 2.09. The molecule has 0 radical (unpaired) electrons. The van der Waals surface area contributed by atoms with Gasteiger partial charge >= 0.3 is 13.3 Å². The van der Waals surface area contributed by atoms with Crippen molar-refractivity contribution in [1.82, 2.24) is 0 Å². The Kier molecular flexibility index (Phi) is 3.17. The number of carboxylic acids is 1. The molecule has 46 valence electrons. The smallest absolute Gasteiger partial charge is 0.480 e. The minimum absolute atomic E-state index is 0.697. The summed E-state index contributed by atoms with van der Waals surface area (Å²) in [5.41, 5.74) is 0. The van der Waals surface area contributed by atoms with E-state index in [0.717, 1.165) is 0 Å². The topological polar surface area (TPSA) is 87.0 Å². The number of aliphatic carboxylic acids is 1. The van der Waals surface area contributed by atoms with Crippen LogP contribution in [0.2, 0.25) is 0 Å². The van der Waals surface area contributed by atoms with Crippen molar-refractivity contribution in [1.29, 1.82) is 0 Å². The molecule has 8 heavy (non-hydrogen) atoms. The van der Waals surface area contributed by atoms with E-state index in [0.29, 0.717) is 0 Å². The van der Waals surface area contributed by atoms with Gasteiger partial charge in [0.2, 0.25) is 0 Å². The van der Waals surface area contributed by atoms with E-state index in [1.165, 1.54) is 0 Å². The molecule has 0 aliphatic heterocycles. The maximum absolute atomic E-state index is 9.56. The first-order chi connectivity index (χ1) is 3.63. The third-order valence-electron chi connectivity index (χ3n) is 0.356. The second-order valence-corrected chi connectivity index (χ2v) is 1.03. The van der Waals surface area contributed by atoms with Crippen LogP contribution in [0.1, 0.15) is 0 Å². The fourth-order valence-corrected chi connectivity index (χ4v) is 0.146. The van der Waals surface area contributed by atoms with Crippen LogP contribution in [-0.4, -0.2) is 35.1 Å². The molecule has 0 aliphatic rings. The van der Waals surface area contributed by atoms with E-state index in [1.54, 1.807) is 0 Å². The van der Waals surface area contributed by atoms with Gasteiger partial charge in [-0.05, 0) is 0 Å². The molecule has 0 heterocycles. The fourth-order valence-electron chi connectivity index (χ4n) is 0.146. The Hall–Kier alpha value is -0.585. The monoisotopic (exact) mass is 120 g/mol. The van der Waals surface area contributed by atoms with E-state index in [2.05, 4.69) is 4.65 Å². The molecular weight excluding hydrogens is 115 g/mol. The molecule has 0 saturated heterocycles. The first-order valence-electron chi connectivity index (χ1n) is 1.82. The summed E-state index contributed by atoms with van der Waals surface area (Å²) in [7, 11) is -1.99. The van der Waals surface area contributed by atoms with Gasteiger partial charge in [-0.2, -0.15) is 0 Å². The van der Waals surface area contributed by atoms with Gasteiger partial charge in [-0.25, -0.2) is 4.79 Å². The van der Waals surface area contributed by atoms with Gasteiger partial charge in [0.25, 0.3) is 0 Å². The Morgan fingerprint density at radius 2 is 2.12 bits per heavy atom. The SMILES string of the molecule is O=C(O)COB(O)O. The zero-order valence-electron chi connectivity index (χ0n) is 3.94. The summed E-state index contributed by atoms with van der Waals surface area (Å²) in [6.45, 7) is -0.697. The van der Waals surface area contributed by atoms with E-state index in [4.69, 9.17) is 15.2 Å². The highest BCUT2D eigenvalue weighted by molar-refractivity contribution is 6.32. The highest BCUT2D eigenvalue weighted by Crippen LogP contribution is 1.73. The number of hydrogen-bond acceptors (Lipinski definition) is 4. The summed E-state index contributed by atoms with van der Waals surface area (Å²) >= 11 is 0. The van der Waals surface area contributed by atoms with Crippen molar-refractivity contribution < 1.29 is 24.6 Å². The average Bonchev–Trinajstić information content (AvgIpc) is 1.61. The van der Waals surface area contributed by atoms with Crippen molar-refractivity contribution in [3.05, 3.63) is 0 Å². The molecule has 0 aromatic heterocycles. The first kappa shape index (κ1) is 7.41. The van der Waals surface area contributed by atoms with Crippen molar-refractivity contribution in [2.45, 2.75) is 0 Å². The number of rotatable bonds is 3. The lowest BCUT2D eigenvalue weighted by Gasteiger charge is -1.94. The standard InChI is InChI=1S/C2H5BO5/c4-2(5)1-8-3(6)7/h6-7H,1H2,(H,4,5). The van der Waals surface area contributed by atoms with Crippen LogP contribution in [0.25, 0.3) is 0 Å². The molecule has 0 spiro atoms. The minimum Gasteiger partial charge on any atom is -0.480 e. The zero-order valence-corrected chi connectivity index (χ0v) is 3.94. The summed E-state index contributed by atoms with van der Waals surface area (Å²) in [5, 5.41) is 23.6. The Labute approximate surface area is 45.7 Å². The molecule has 0 bridgehead atoms. The number of carbonyl (C=O) groups is 1. The largest absolute Gasteiger partial charge is 0.634 e. The van der Waals surface area contributed by atoms with Gasteiger partial charge in [-0.15, -0.1) is 0 Å². The lowest BCUT2D eigenvalue weighted by Crippen LogP contribution is -2.21. The second-order valence-electron chi connectivity index (χ2n) is 1.03. The second kappa shape index (κ2) is 3.42. The Balaban J connectivity index is 3.05. The van der Waals surface area contributed by atoms with Crippen LogP contribution in [0.15, 0.2) is 0 Å². The average molecular weight is 120 g/mol. The quantitative estimate of drug-likeness (QED) is 0.377. The molecule has 0 amide bonds. The van der Waals surface area contributed by atoms with Crippen LogP contribution in [0.3, 0.4) is 0 Å². The molecule has 5 nitrogen and oxygen atoms in total. The van der Waals surface area contributed by atoms with Gasteiger partial charge in [0, 0.05) is 0 Å². The van der Waals surface area contributed by atoms with E-state index in [9.17, 15) is 4.79 Å². The predicted octanol–water partition coefficient (Wildman–Crippen LogP) is -1.94. The van der Waals surface area contributed by atoms with E-state index in [-0.39, 0.29) is 0 Å². The Morgan fingerprint density at radius 1 is 1.62 bits per heavy atom. The maximum Gasteiger partial charge on any atom is 0.634 e. The van der Waals surface area contributed by atoms with Crippen molar-refractivity contribution >= 4 is 13.3 Å². The van der Waals surface area contributed by atoms with Crippen molar-refractivity contribution in [2.24, 2.45) is 0 Å². The van der Waals surface area contributed by atoms with E-state index < -0.39 is 19.9 Å². The van der Waals surface area contributed by atoms with Crippen molar-refractivity contribution in [3.63, 3.8) is 0 Å². The van der Waals surface area contributed by atoms with Crippen LogP contribution in [0.5, 0.6) is 0 Å². The molecule has 0 atom stereocenters. The fraction of sp³-hybridized carbons (Fsp3) is 0.500. The molecule has 0 aromatic carbocycles. The zero-order chi connectivity index (χ0) is 6.57. The minimum atomic E-state index is -1.99. The van der Waals surface area contributed by atoms with E-state index in [1.807, 2.05) is 0 Å². The van der Waals surface area contributed by atoms with E-state index >= 15 is 0 Å². The molecule has 3 N–H and O–H groups in total. The van der Waals surface area contributed by atoms with Crippen LogP contribution in [0.4, 0.5) is 0 Å². The summed E-state index contributed by atoms with van der Waals surface area (Å²) < 4.78 is 3.81. The highest BCUT2D eigenvalue weighted by atomic mass is 16.6. The van der Waals surface area contributed by atoms with Crippen molar-refractivity contribution in [3.8, 4) is 0 Å².